The maximum absolute atomic E-state index is 12.8. The Balaban J connectivity index is 1.84. The van der Waals surface area contributed by atoms with Crippen molar-refractivity contribution in [1.82, 2.24) is 24.9 Å². The average molecular weight is 435 g/mol. The maximum Gasteiger partial charge on any atom is 0.374 e. The Morgan fingerprint density at radius 2 is 2.07 bits per heavy atom. The number of carbonyl (C=O) groups is 1. The molecule has 0 spiro atoms. The summed E-state index contributed by atoms with van der Waals surface area (Å²) in [7, 11) is -2.43. The highest BCUT2D eigenvalue weighted by Crippen LogP contribution is 2.25. The van der Waals surface area contributed by atoms with Gasteiger partial charge in [0.15, 0.2) is 0 Å². The number of esters is 1. The van der Waals surface area contributed by atoms with Crippen LogP contribution in [0.5, 0.6) is 5.75 Å². The fraction of sp³-hybridized carbons (Fsp3) is 0.333. The molecule has 0 amide bonds. The average Bonchev–Trinajstić information content (AvgIpc) is 3.42. The Hall–Kier alpha value is -3.25. The lowest BCUT2D eigenvalue weighted by atomic mass is 10.2. The fourth-order valence-corrected chi connectivity index (χ4v) is 3.79. The van der Waals surface area contributed by atoms with Gasteiger partial charge in [-0.2, -0.15) is 4.68 Å². The molecular formula is C18H21N5O6S. The van der Waals surface area contributed by atoms with E-state index in [1.807, 2.05) is 6.92 Å². The molecule has 30 heavy (non-hydrogen) atoms. The minimum atomic E-state index is -3.89. The topological polar surface area (TPSA) is 138 Å². The van der Waals surface area contributed by atoms with Crippen molar-refractivity contribution in [3.8, 4) is 11.4 Å². The van der Waals surface area contributed by atoms with E-state index in [0.717, 1.165) is 0 Å². The molecule has 3 aromatic rings. The molecule has 0 aliphatic rings. The second-order valence-corrected chi connectivity index (χ2v) is 7.81. The van der Waals surface area contributed by atoms with Gasteiger partial charge in [0.05, 0.1) is 18.6 Å². The van der Waals surface area contributed by atoms with E-state index in [4.69, 9.17) is 13.9 Å². The van der Waals surface area contributed by atoms with Gasteiger partial charge in [-0.05, 0) is 41.6 Å². The first kappa shape index (κ1) is 21.5. The zero-order valence-corrected chi connectivity index (χ0v) is 17.5. The van der Waals surface area contributed by atoms with E-state index >= 15 is 0 Å². The number of hydrogen-bond acceptors (Lipinski definition) is 9. The zero-order chi connectivity index (χ0) is 21.7. The van der Waals surface area contributed by atoms with Crippen LogP contribution >= 0.6 is 0 Å². The molecule has 0 bridgehead atoms. The summed E-state index contributed by atoms with van der Waals surface area (Å²) >= 11 is 0. The van der Waals surface area contributed by atoms with Gasteiger partial charge in [0.2, 0.25) is 15.8 Å². The predicted octanol–water partition coefficient (Wildman–Crippen LogP) is 1.48. The van der Waals surface area contributed by atoms with Gasteiger partial charge in [0.25, 0.3) is 0 Å². The number of sulfonamides is 1. The summed E-state index contributed by atoms with van der Waals surface area (Å²) < 4.78 is 45.2. The van der Waals surface area contributed by atoms with Crippen molar-refractivity contribution in [3.63, 3.8) is 0 Å². The van der Waals surface area contributed by atoms with Crippen molar-refractivity contribution in [3.05, 3.63) is 47.7 Å². The van der Waals surface area contributed by atoms with Crippen LogP contribution in [-0.2, 0) is 27.7 Å². The Kier molecular flexibility index (Phi) is 6.47. The Bertz CT molecular complexity index is 1120. The van der Waals surface area contributed by atoms with Crippen molar-refractivity contribution in [2.24, 2.45) is 0 Å². The Labute approximate surface area is 173 Å². The third-order valence-corrected chi connectivity index (χ3v) is 5.60. The van der Waals surface area contributed by atoms with Crippen LogP contribution in [0.3, 0.4) is 0 Å². The number of carbonyl (C=O) groups excluding carboxylic acids is 1. The molecule has 0 aliphatic heterocycles. The zero-order valence-electron chi connectivity index (χ0n) is 16.7. The molecule has 1 aromatic carbocycles. The van der Waals surface area contributed by atoms with E-state index in [9.17, 15) is 13.2 Å². The molecule has 1 N–H and O–H groups in total. The monoisotopic (exact) mass is 435 g/mol. The number of tetrazole rings is 1. The van der Waals surface area contributed by atoms with Crippen LogP contribution in [0.1, 0.15) is 35.7 Å². The largest absolute Gasteiger partial charge is 0.494 e. The number of nitrogens with one attached hydrogen (secondary N) is 1. The molecule has 0 saturated heterocycles. The minimum Gasteiger partial charge on any atom is -0.494 e. The normalized spacial score (nSPS) is 11.4. The van der Waals surface area contributed by atoms with Crippen LogP contribution in [-0.4, -0.2) is 48.3 Å². The third-order valence-electron chi connectivity index (χ3n) is 4.20. The number of aromatic nitrogens is 4. The van der Waals surface area contributed by atoms with Gasteiger partial charge < -0.3 is 13.9 Å². The maximum atomic E-state index is 12.8. The van der Waals surface area contributed by atoms with Gasteiger partial charge in [-0.1, -0.05) is 6.92 Å². The first-order chi connectivity index (χ1) is 14.4. The molecular weight excluding hydrogens is 414 g/mol. The van der Waals surface area contributed by atoms with Crippen molar-refractivity contribution in [2.75, 3.05) is 13.7 Å². The molecule has 0 fully saturated rings. The van der Waals surface area contributed by atoms with Crippen LogP contribution in [0.4, 0.5) is 0 Å². The Morgan fingerprint density at radius 3 is 2.70 bits per heavy atom. The molecule has 11 nitrogen and oxygen atoms in total. The Morgan fingerprint density at radius 1 is 1.27 bits per heavy atom. The summed E-state index contributed by atoms with van der Waals surface area (Å²) in [4.78, 5) is 11.9. The highest BCUT2D eigenvalue weighted by molar-refractivity contribution is 7.89. The quantitative estimate of drug-likeness (QED) is 0.495. The highest BCUT2D eigenvalue weighted by Gasteiger charge is 2.21. The van der Waals surface area contributed by atoms with Gasteiger partial charge in [0, 0.05) is 18.5 Å². The van der Waals surface area contributed by atoms with E-state index in [1.165, 1.54) is 42.4 Å². The number of nitrogens with zero attached hydrogens (tertiary/aromatic N) is 4. The van der Waals surface area contributed by atoms with Crippen molar-refractivity contribution >= 4 is 16.0 Å². The lowest BCUT2D eigenvalue weighted by molar-refractivity contribution is 0.0488. The van der Waals surface area contributed by atoms with Crippen LogP contribution in [0.15, 0.2) is 39.9 Å². The molecule has 0 atom stereocenters. The predicted molar refractivity (Wildman–Crippen MR) is 104 cm³/mol. The first-order valence-corrected chi connectivity index (χ1v) is 10.6. The summed E-state index contributed by atoms with van der Waals surface area (Å²) in [5.74, 6) is 0.351. The van der Waals surface area contributed by atoms with E-state index in [-0.39, 0.29) is 23.8 Å². The van der Waals surface area contributed by atoms with Crippen molar-refractivity contribution in [1.29, 1.82) is 0 Å². The third kappa shape index (κ3) is 4.49. The SMILES string of the molecule is CCOC(=O)c1cc(CNS(=O)(=O)c2ccc(OC)c(-n3cnnn3)c2)c(CC)o1. The van der Waals surface area contributed by atoms with E-state index in [1.54, 1.807) is 6.92 Å². The molecule has 0 aliphatic carbocycles. The molecule has 0 radical (unpaired) electrons. The smallest absolute Gasteiger partial charge is 0.374 e. The fourth-order valence-electron chi connectivity index (χ4n) is 2.76. The number of ether oxygens (including phenoxy) is 2. The second kappa shape index (κ2) is 9.05. The van der Waals surface area contributed by atoms with Crippen LogP contribution in [0.2, 0.25) is 0 Å². The molecule has 12 heteroatoms. The summed E-state index contributed by atoms with van der Waals surface area (Å²) in [6.07, 6.45) is 1.82. The first-order valence-electron chi connectivity index (χ1n) is 9.09. The van der Waals surface area contributed by atoms with Crippen molar-refractivity contribution in [2.45, 2.75) is 31.7 Å². The number of methoxy groups -OCH3 is 1. The van der Waals surface area contributed by atoms with Crippen LogP contribution in [0.25, 0.3) is 5.69 Å². The van der Waals surface area contributed by atoms with Crippen molar-refractivity contribution < 1.29 is 27.1 Å². The number of rotatable bonds is 9. The lowest BCUT2D eigenvalue weighted by Crippen LogP contribution is -2.23. The summed E-state index contributed by atoms with van der Waals surface area (Å²) in [5.41, 5.74) is 0.922. The molecule has 160 valence electrons. The van der Waals surface area contributed by atoms with Gasteiger partial charge in [-0.15, -0.1) is 5.10 Å². The lowest BCUT2D eigenvalue weighted by Gasteiger charge is -2.11. The molecule has 2 heterocycles. The number of benzene rings is 1. The minimum absolute atomic E-state index is 0.000888. The standard InChI is InChI=1S/C18H21N5O6S/c1-4-15-12(8-17(29-15)18(24)28-5-2)10-20-30(25,26)13-6-7-16(27-3)14(9-13)23-11-19-21-22-23/h6-9,11,20H,4-5,10H2,1-3H3. The highest BCUT2D eigenvalue weighted by atomic mass is 32.2. The number of aryl methyl sites for hydroxylation is 1. The number of hydrogen-bond donors (Lipinski definition) is 1. The molecule has 2 aromatic heterocycles. The van der Waals surface area contributed by atoms with Crippen LogP contribution in [0, 0.1) is 0 Å². The van der Waals surface area contributed by atoms with Gasteiger partial charge in [0.1, 0.15) is 23.5 Å². The van der Waals surface area contributed by atoms with Crippen LogP contribution < -0.4 is 9.46 Å². The summed E-state index contributed by atoms with van der Waals surface area (Å²) in [5, 5.41) is 10.9. The van der Waals surface area contributed by atoms with Gasteiger partial charge >= 0.3 is 5.97 Å². The molecule has 0 unspecified atom stereocenters. The van der Waals surface area contributed by atoms with E-state index < -0.39 is 16.0 Å². The van der Waals surface area contributed by atoms with E-state index in [2.05, 4.69) is 20.2 Å². The molecule has 3 rings (SSSR count). The van der Waals surface area contributed by atoms with Gasteiger partial charge in [-0.3, -0.25) is 0 Å². The summed E-state index contributed by atoms with van der Waals surface area (Å²) in [6.45, 7) is 3.69. The molecule has 0 saturated carbocycles. The summed E-state index contributed by atoms with van der Waals surface area (Å²) in [6, 6.07) is 5.81. The number of furan rings is 1. The van der Waals surface area contributed by atoms with Gasteiger partial charge in [-0.25, -0.2) is 17.9 Å². The second-order valence-electron chi connectivity index (χ2n) is 6.05. The van der Waals surface area contributed by atoms with E-state index in [0.29, 0.717) is 29.2 Å².